The molecule has 150 valence electrons. The Morgan fingerprint density at radius 3 is 2.43 bits per heavy atom. The van der Waals surface area contributed by atoms with Gasteiger partial charge < -0.3 is 23.9 Å². The maximum Gasteiger partial charge on any atom is 0.303 e. The maximum absolute atomic E-state index is 12.7. The van der Waals surface area contributed by atoms with Crippen molar-refractivity contribution in [3.63, 3.8) is 0 Å². The van der Waals surface area contributed by atoms with E-state index in [2.05, 4.69) is 15.0 Å². The van der Waals surface area contributed by atoms with E-state index in [1.807, 2.05) is 0 Å². The first-order valence-corrected chi connectivity index (χ1v) is 8.31. The molecule has 0 bridgehead atoms. The molecule has 1 saturated heterocycles. The normalized spacial score (nSPS) is 24.1. The van der Waals surface area contributed by atoms with E-state index >= 15 is 0 Å². The zero-order valence-electron chi connectivity index (χ0n) is 15.3. The molecule has 3 heterocycles. The summed E-state index contributed by atoms with van der Waals surface area (Å²) in [6, 6.07) is 0. The summed E-state index contributed by atoms with van der Waals surface area (Å²) in [6.45, 7) is 3.28. The van der Waals surface area contributed by atoms with Gasteiger partial charge in [-0.05, 0) is 0 Å². The van der Waals surface area contributed by atoms with E-state index < -0.39 is 48.0 Å². The number of imidazole rings is 1. The molecule has 1 fully saturated rings. The van der Waals surface area contributed by atoms with E-state index in [4.69, 9.17) is 18.9 Å². The van der Waals surface area contributed by atoms with Crippen molar-refractivity contribution in [3.05, 3.63) is 23.0 Å². The monoisotopic (exact) mass is 394 g/mol. The number of carbonyl (C=O) groups excluding carboxylic acids is 3. The molecule has 3 rings (SSSR count). The minimum absolute atomic E-state index is 0.125. The van der Waals surface area contributed by atoms with Crippen LogP contribution in [0, 0.1) is 0 Å². The molecule has 1 aliphatic rings. The van der Waals surface area contributed by atoms with Gasteiger partial charge >= 0.3 is 17.9 Å². The summed E-state index contributed by atoms with van der Waals surface area (Å²) in [5.41, 5.74) is -0.198. The van der Waals surface area contributed by atoms with Gasteiger partial charge in [-0.1, -0.05) is 0 Å². The summed E-state index contributed by atoms with van der Waals surface area (Å²) in [5, 5.41) is 0. The SMILES string of the molecule is CC(=O)OC[C@H]1OC(n2cnc3nc[nH]c3c2=O)[C@H](OC(C)=O)[C@@H]1OC(C)=O. The number of nitrogens with one attached hydrogen (secondary N) is 1. The highest BCUT2D eigenvalue weighted by molar-refractivity contribution is 5.68. The number of aromatic nitrogens is 4. The minimum Gasteiger partial charge on any atom is -0.463 e. The predicted molar refractivity (Wildman–Crippen MR) is 89.8 cm³/mol. The van der Waals surface area contributed by atoms with Crippen molar-refractivity contribution in [1.82, 2.24) is 19.5 Å². The molecule has 0 amide bonds. The molecule has 1 aliphatic heterocycles. The lowest BCUT2D eigenvalue weighted by Crippen LogP contribution is -2.41. The maximum atomic E-state index is 12.7. The van der Waals surface area contributed by atoms with Gasteiger partial charge in [0.15, 0.2) is 29.6 Å². The third-order valence-corrected chi connectivity index (χ3v) is 3.99. The second-order valence-electron chi connectivity index (χ2n) is 6.07. The number of carbonyl (C=O) groups is 3. The first-order valence-electron chi connectivity index (χ1n) is 8.31. The van der Waals surface area contributed by atoms with E-state index in [1.165, 1.54) is 33.4 Å². The van der Waals surface area contributed by atoms with Crippen LogP contribution in [0.4, 0.5) is 0 Å². The van der Waals surface area contributed by atoms with Crippen LogP contribution in [0.2, 0.25) is 0 Å². The summed E-state index contributed by atoms with van der Waals surface area (Å²) in [4.78, 5) is 57.7. The van der Waals surface area contributed by atoms with Crippen molar-refractivity contribution in [2.24, 2.45) is 0 Å². The largest absolute Gasteiger partial charge is 0.463 e. The highest BCUT2D eigenvalue weighted by Crippen LogP contribution is 2.33. The van der Waals surface area contributed by atoms with Crippen molar-refractivity contribution in [2.75, 3.05) is 6.61 Å². The van der Waals surface area contributed by atoms with Gasteiger partial charge in [0, 0.05) is 20.8 Å². The van der Waals surface area contributed by atoms with E-state index in [9.17, 15) is 19.2 Å². The van der Waals surface area contributed by atoms with Crippen molar-refractivity contribution >= 4 is 29.1 Å². The summed E-state index contributed by atoms with van der Waals surface area (Å²) in [7, 11) is 0. The number of fused-ring (bicyclic) bond motifs is 1. The van der Waals surface area contributed by atoms with E-state index in [0.29, 0.717) is 0 Å². The molecular formula is C16H18N4O8. The van der Waals surface area contributed by atoms with Gasteiger partial charge in [-0.25, -0.2) is 9.97 Å². The second kappa shape index (κ2) is 7.76. The van der Waals surface area contributed by atoms with Crippen molar-refractivity contribution < 1.29 is 33.3 Å². The molecule has 1 unspecified atom stereocenters. The lowest BCUT2D eigenvalue weighted by Gasteiger charge is -2.23. The molecule has 12 heteroatoms. The van der Waals surface area contributed by atoms with E-state index in [1.54, 1.807) is 0 Å². The van der Waals surface area contributed by atoms with Crippen LogP contribution >= 0.6 is 0 Å². The average Bonchev–Trinajstić information content (AvgIpc) is 3.19. The third kappa shape index (κ3) is 3.86. The highest BCUT2D eigenvalue weighted by atomic mass is 16.7. The third-order valence-electron chi connectivity index (χ3n) is 3.99. The Balaban J connectivity index is 2.01. The van der Waals surface area contributed by atoms with Crippen LogP contribution in [0.25, 0.3) is 11.2 Å². The lowest BCUT2D eigenvalue weighted by molar-refractivity contribution is -0.166. The molecule has 0 aliphatic carbocycles. The number of aromatic amines is 1. The number of nitrogens with zero attached hydrogens (tertiary/aromatic N) is 3. The number of hydrogen-bond acceptors (Lipinski definition) is 10. The molecule has 12 nitrogen and oxygen atoms in total. The molecule has 0 spiro atoms. The van der Waals surface area contributed by atoms with Gasteiger partial charge in [0.05, 0.1) is 6.33 Å². The zero-order chi connectivity index (χ0) is 20.4. The molecule has 4 atom stereocenters. The Bertz CT molecular complexity index is 967. The fraction of sp³-hybridized carbons (Fsp3) is 0.500. The number of hydrogen-bond donors (Lipinski definition) is 1. The van der Waals surface area contributed by atoms with Crippen molar-refractivity contribution in [3.8, 4) is 0 Å². The van der Waals surface area contributed by atoms with Crippen LogP contribution in [-0.2, 0) is 33.3 Å². The second-order valence-corrected chi connectivity index (χ2v) is 6.07. The van der Waals surface area contributed by atoms with Crippen LogP contribution in [0.5, 0.6) is 0 Å². The summed E-state index contributed by atoms with van der Waals surface area (Å²) >= 11 is 0. The van der Waals surface area contributed by atoms with Crippen molar-refractivity contribution in [1.29, 1.82) is 0 Å². The van der Waals surface area contributed by atoms with Gasteiger partial charge in [0.25, 0.3) is 5.56 Å². The predicted octanol–water partition coefficient (Wildman–Crippen LogP) is -0.556. The fourth-order valence-electron chi connectivity index (χ4n) is 2.94. The molecule has 2 aromatic rings. The first kappa shape index (κ1) is 19.5. The van der Waals surface area contributed by atoms with E-state index in [-0.39, 0.29) is 17.8 Å². The van der Waals surface area contributed by atoms with Gasteiger partial charge in [0.2, 0.25) is 0 Å². The van der Waals surface area contributed by atoms with Crippen LogP contribution in [0.1, 0.15) is 27.0 Å². The lowest BCUT2D eigenvalue weighted by atomic mass is 10.1. The molecule has 28 heavy (non-hydrogen) atoms. The molecule has 0 aromatic carbocycles. The number of esters is 3. The highest BCUT2D eigenvalue weighted by Gasteiger charge is 2.51. The summed E-state index contributed by atoms with van der Waals surface area (Å²) < 4.78 is 22.4. The topological polar surface area (TPSA) is 152 Å². The molecule has 0 radical (unpaired) electrons. The Morgan fingerprint density at radius 2 is 1.79 bits per heavy atom. The minimum atomic E-state index is -1.17. The van der Waals surface area contributed by atoms with Gasteiger partial charge in [-0.3, -0.25) is 23.7 Å². The van der Waals surface area contributed by atoms with E-state index in [0.717, 1.165) is 4.57 Å². The Labute approximate surface area is 157 Å². The molecular weight excluding hydrogens is 376 g/mol. The van der Waals surface area contributed by atoms with Crippen molar-refractivity contribution in [2.45, 2.75) is 45.3 Å². The van der Waals surface area contributed by atoms with Gasteiger partial charge in [0.1, 0.15) is 19.0 Å². The summed E-state index contributed by atoms with van der Waals surface area (Å²) in [5.74, 6) is -1.91. The van der Waals surface area contributed by atoms with Crippen LogP contribution < -0.4 is 5.56 Å². The fourth-order valence-corrected chi connectivity index (χ4v) is 2.94. The zero-order valence-corrected chi connectivity index (χ0v) is 15.3. The Hall–Kier alpha value is -3.28. The molecule has 1 N–H and O–H groups in total. The quantitative estimate of drug-likeness (QED) is 0.516. The van der Waals surface area contributed by atoms with Crippen LogP contribution in [-0.4, -0.2) is 62.3 Å². The summed E-state index contributed by atoms with van der Waals surface area (Å²) in [6.07, 6.45) is -1.90. The Kier molecular flexibility index (Phi) is 5.40. The smallest absolute Gasteiger partial charge is 0.303 e. The Morgan fingerprint density at radius 1 is 1.11 bits per heavy atom. The van der Waals surface area contributed by atoms with Gasteiger partial charge in [-0.2, -0.15) is 0 Å². The van der Waals surface area contributed by atoms with Crippen LogP contribution in [0.3, 0.4) is 0 Å². The van der Waals surface area contributed by atoms with Crippen LogP contribution in [0.15, 0.2) is 17.4 Å². The molecule has 2 aromatic heterocycles. The average molecular weight is 394 g/mol. The van der Waals surface area contributed by atoms with Gasteiger partial charge in [-0.15, -0.1) is 0 Å². The standard InChI is InChI=1S/C16H18N4O8/c1-7(21)25-4-10-12(26-8(2)22)13(27-9(3)23)16(28-10)20-6-19-14-11(15(20)24)17-5-18-14/h5-6,10,12-13,16H,4H2,1-3H3,(H,17,18)/t10-,12-,13-,16?/m1/s1. The first-order chi connectivity index (χ1) is 13.3. The molecule has 0 saturated carbocycles. The number of H-pyrrole nitrogens is 1. The number of ether oxygens (including phenoxy) is 4. The number of rotatable bonds is 5.